The van der Waals surface area contributed by atoms with Gasteiger partial charge in [0.15, 0.2) is 0 Å². The van der Waals surface area contributed by atoms with Crippen LogP contribution in [0, 0.1) is 0 Å². The summed E-state index contributed by atoms with van der Waals surface area (Å²) >= 11 is 6.09. The van der Waals surface area contributed by atoms with Gasteiger partial charge in [0.2, 0.25) is 5.91 Å². The molecule has 32 heavy (non-hydrogen) atoms. The van der Waals surface area contributed by atoms with Gasteiger partial charge < -0.3 is 5.32 Å². The van der Waals surface area contributed by atoms with Crippen molar-refractivity contribution in [3.05, 3.63) is 71.0 Å². The molecule has 0 unspecified atom stereocenters. The van der Waals surface area contributed by atoms with Gasteiger partial charge in [-0.25, -0.2) is 0 Å². The minimum atomic E-state index is -0.470. The SMILES string of the molecule is O=C(NCc1cc(-c2ccccn2)n(C2CCCC2)n1)C1(c2ccc(Cl)cc2)CCCC1. The first-order valence-corrected chi connectivity index (χ1v) is 12.1. The molecule has 6 heteroatoms. The molecule has 5 rings (SSSR count). The summed E-state index contributed by atoms with van der Waals surface area (Å²) in [6, 6.07) is 16.2. The van der Waals surface area contributed by atoms with Gasteiger partial charge in [0.1, 0.15) is 0 Å². The quantitative estimate of drug-likeness (QED) is 0.515. The van der Waals surface area contributed by atoms with Crippen LogP contribution in [0.4, 0.5) is 0 Å². The van der Waals surface area contributed by atoms with Crippen molar-refractivity contribution in [3.8, 4) is 11.4 Å². The van der Waals surface area contributed by atoms with Gasteiger partial charge in [0.25, 0.3) is 0 Å². The Morgan fingerprint density at radius 2 is 1.81 bits per heavy atom. The van der Waals surface area contributed by atoms with Crippen molar-refractivity contribution in [2.45, 2.75) is 69.4 Å². The van der Waals surface area contributed by atoms with E-state index in [1.807, 2.05) is 48.7 Å². The summed E-state index contributed by atoms with van der Waals surface area (Å²) in [6.45, 7) is 0.424. The number of carbonyl (C=O) groups is 1. The zero-order valence-corrected chi connectivity index (χ0v) is 19.0. The van der Waals surface area contributed by atoms with Crippen molar-refractivity contribution < 1.29 is 4.79 Å². The molecule has 166 valence electrons. The number of amides is 1. The Hall–Kier alpha value is -2.66. The van der Waals surface area contributed by atoms with E-state index in [4.69, 9.17) is 16.7 Å². The topological polar surface area (TPSA) is 59.8 Å². The van der Waals surface area contributed by atoms with Crippen LogP contribution in [-0.2, 0) is 16.8 Å². The molecule has 2 aromatic heterocycles. The van der Waals surface area contributed by atoms with Crippen LogP contribution in [0.15, 0.2) is 54.7 Å². The summed E-state index contributed by atoms with van der Waals surface area (Å²) in [5.74, 6) is 0.0899. The standard InChI is InChI=1S/C26H29ClN4O/c27-20-12-10-19(11-13-20)26(14-4-5-15-26)25(32)29-18-21-17-24(23-9-3-6-16-28-23)31(30-21)22-7-1-2-8-22/h3,6,9-13,16-17,22H,1-2,4-5,7-8,14-15,18H2,(H,29,32). The number of halogens is 1. The van der Waals surface area contributed by atoms with Crippen molar-refractivity contribution in [2.24, 2.45) is 0 Å². The first-order chi connectivity index (χ1) is 15.7. The molecule has 0 radical (unpaired) electrons. The molecule has 0 aliphatic heterocycles. The number of nitrogens with one attached hydrogen (secondary N) is 1. The van der Waals surface area contributed by atoms with Gasteiger partial charge in [-0.3, -0.25) is 14.5 Å². The highest BCUT2D eigenvalue weighted by atomic mass is 35.5. The predicted molar refractivity (Wildman–Crippen MR) is 126 cm³/mol. The van der Waals surface area contributed by atoms with Gasteiger partial charge in [-0.15, -0.1) is 0 Å². The van der Waals surface area contributed by atoms with E-state index in [1.54, 1.807) is 0 Å². The average Bonchev–Trinajstić information content (AvgIpc) is 3.59. The van der Waals surface area contributed by atoms with Crippen LogP contribution in [0.1, 0.15) is 68.7 Å². The van der Waals surface area contributed by atoms with E-state index in [2.05, 4.69) is 21.0 Å². The molecule has 0 saturated heterocycles. The molecular formula is C26H29ClN4O. The van der Waals surface area contributed by atoms with Gasteiger partial charge in [-0.2, -0.15) is 5.10 Å². The van der Waals surface area contributed by atoms with Crippen molar-refractivity contribution in [3.63, 3.8) is 0 Å². The van der Waals surface area contributed by atoms with Crippen molar-refractivity contribution in [1.82, 2.24) is 20.1 Å². The lowest BCUT2D eigenvalue weighted by atomic mass is 9.78. The molecule has 2 saturated carbocycles. The third-order valence-corrected chi connectivity index (χ3v) is 7.35. The summed E-state index contributed by atoms with van der Waals surface area (Å²) in [5, 5.41) is 8.82. The predicted octanol–water partition coefficient (Wildman–Crippen LogP) is 5.84. The Kier molecular flexibility index (Phi) is 6.01. The molecule has 1 N–H and O–H groups in total. The number of hydrogen-bond donors (Lipinski definition) is 1. The molecule has 0 spiro atoms. The average molecular weight is 449 g/mol. The van der Waals surface area contributed by atoms with E-state index >= 15 is 0 Å². The van der Waals surface area contributed by atoms with Crippen LogP contribution >= 0.6 is 11.6 Å². The fraction of sp³-hybridized carbons (Fsp3) is 0.423. The second-order valence-corrected chi connectivity index (χ2v) is 9.53. The first kappa shape index (κ1) is 21.2. The van der Waals surface area contributed by atoms with Crippen LogP contribution in [0.5, 0.6) is 0 Å². The fourth-order valence-electron chi connectivity index (χ4n) is 5.40. The van der Waals surface area contributed by atoms with E-state index in [0.717, 1.165) is 61.2 Å². The summed E-state index contributed by atoms with van der Waals surface area (Å²) in [7, 11) is 0. The minimum absolute atomic E-state index is 0.0899. The number of hydrogen-bond acceptors (Lipinski definition) is 3. The number of carbonyl (C=O) groups excluding carboxylic acids is 1. The Morgan fingerprint density at radius 3 is 2.50 bits per heavy atom. The Morgan fingerprint density at radius 1 is 1.06 bits per heavy atom. The molecular weight excluding hydrogens is 420 g/mol. The number of aromatic nitrogens is 3. The molecule has 3 aromatic rings. The Bertz CT molecular complexity index is 1060. The molecule has 1 aromatic carbocycles. The number of benzene rings is 1. The largest absolute Gasteiger partial charge is 0.350 e. The molecule has 0 atom stereocenters. The lowest BCUT2D eigenvalue weighted by molar-refractivity contribution is -0.126. The Balaban J connectivity index is 1.38. The number of nitrogens with zero attached hydrogens (tertiary/aromatic N) is 3. The number of rotatable bonds is 6. The third kappa shape index (κ3) is 4.06. The van der Waals surface area contributed by atoms with Gasteiger partial charge >= 0.3 is 0 Å². The lowest BCUT2D eigenvalue weighted by Gasteiger charge is -2.28. The summed E-state index contributed by atoms with van der Waals surface area (Å²) in [4.78, 5) is 18.0. The molecule has 5 nitrogen and oxygen atoms in total. The molecule has 2 aliphatic carbocycles. The number of pyridine rings is 1. The lowest BCUT2D eigenvalue weighted by Crippen LogP contribution is -2.42. The maximum absolute atomic E-state index is 13.5. The zero-order valence-electron chi connectivity index (χ0n) is 18.3. The van der Waals surface area contributed by atoms with Crippen LogP contribution in [0.25, 0.3) is 11.4 Å². The minimum Gasteiger partial charge on any atom is -0.350 e. The molecule has 2 fully saturated rings. The van der Waals surface area contributed by atoms with E-state index in [0.29, 0.717) is 17.6 Å². The monoisotopic (exact) mass is 448 g/mol. The van der Waals surface area contributed by atoms with Gasteiger partial charge in [0, 0.05) is 11.2 Å². The summed E-state index contributed by atoms with van der Waals surface area (Å²) in [5.41, 5.74) is 3.44. The third-order valence-electron chi connectivity index (χ3n) is 7.10. The van der Waals surface area contributed by atoms with Crippen LogP contribution in [-0.4, -0.2) is 20.7 Å². The van der Waals surface area contributed by atoms with Crippen molar-refractivity contribution in [1.29, 1.82) is 0 Å². The van der Waals surface area contributed by atoms with Gasteiger partial charge in [-0.1, -0.05) is 55.5 Å². The van der Waals surface area contributed by atoms with Crippen LogP contribution in [0.3, 0.4) is 0 Å². The first-order valence-electron chi connectivity index (χ1n) is 11.7. The highest BCUT2D eigenvalue weighted by molar-refractivity contribution is 6.30. The van der Waals surface area contributed by atoms with E-state index in [-0.39, 0.29) is 5.91 Å². The summed E-state index contributed by atoms with van der Waals surface area (Å²) in [6.07, 6.45) is 10.5. The van der Waals surface area contributed by atoms with Gasteiger partial charge in [0.05, 0.1) is 35.1 Å². The van der Waals surface area contributed by atoms with Crippen molar-refractivity contribution in [2.75, 3.05) is 0 Å². The smallest absolute Gasteiger partial charge is 0.230 e. The maximum Gasteiger partial charge on any atom is 0.230 e. The van der Waals surface area contributed by atoms with E-state index < -0.39 is 5.41 Å². The molecule has 2 heterocycles. The summed E-state index contributed by atoms with van der Waals surface area (Å²) < 4.78 is 2.14. The zero-order chi connectivity index (χ0) is 22.0. The Labute approximate surface area is 194 Å². The fourth-order valence-corrected chi connectivity index (χ4v) is 5.52. The molecule has 1 amide bonds. The van der Waals surface area contributed by atoms with Crippen LogP contribution in [0.2, 0.25) is 5.02 Å². The van der Waals surface area contributed by atoms with Gasteiger partial charge in [-0.05, 0) is 61.6 Å². The second-order valence-electron chi connectivity index (χ2n) is 9.10. The maximum atomic E-state index is 13.5. The normalized spacial score (nSPS) is 18.2. The second kappa shape index (κ2) is 9.07. The van der Waals surface area contributed by atoms with E-state index in [9.17, 15) is 4.79 Å². The highest BCUT2D eigenvalue weighted by Gasteiger charge is 2.42. The van der Waals surface area contributed by atoms with Crippen LogP contribution < -0.4 is 5.32 Å². The highest BCUT2D eigenvalue weighted by Crippen LogP contribution is 2.42. The van der Waals surface area contributed by atoms with Crippen molar-refractivity contribution >= 4 is 17.5 Å². The molecule has 2 aliphatic rings. The molecule has 0 bridgehead atoms. The van der Waals surface area contributed by atoms with E-state index in [1.165, 1.54) is 12.8 Å².